The largest absolute Gasteiger partial charge is 0.456 e. The smallest absolute Gasteiger partial charge is 0.138 e. The number of anilines is 1. The zero-order chi connectivity index (χ0) is 21.0. The first-order valence-electron chi connectivity index (χ1n) is 10.1. The molecule has 0 bridgehead atoms. The van der Waals surface area contributed by atoms with Crippen molar-refractivity contribution in [3.8, 4) is 16.9 Å². The van der Waals surface area contributed by atoms with Crippen LogP contribution in [0.25, 0.3) is 28.5 Å². The van der Waals surface area contributed by atoms with Crippen molar-refractivity contribution in [2.24, 2.45) is 0 Å². The molecule has 0 spiro atoms. The van der Waals surface area contributed by atoms with E-state index >= 15 is 0 Å². The summed E-state index contributed by atoms with van der Waals surface area (Å²) in [6.45, 7) is 8.38. The van der Waals surface area contributed by atoms with Crippen LogP contribution >= 0.6 is 0 Å². The highest BCUT2D eigenvalue weighted by molar-refractivity contribution is 6.00. The van der Waals surface area contributed by atoms with Crippen LogP contribution in [0.2, 0.25) is 0 Å². The van der Waals surface area contributed by atoms with Gasteiger partial charge in [-0.25, -0.2) is 4.39 Å². The summed E-state index contributed by atoms with van der Waals surface area (Å²) in [7, 11) is 0. The molecule has 3 nitrogen and oxygen atoms in total. The van der Waals surface area contributed by atoms with Gasteiger partial charge in [0.2, 0.25) is 0 Å². The van der Waals surface area contributed by atoms with Crippen molar-refractivity contribution in [2.75, 3.05) is 5.32 Å². The van der Waals surface area contributed by atoms with Crippen molar-refractivity contribution < 1.29 is 9.13 Å². The van der Waals surface area contributed by atoms with Gasteiger partial charge in [-0.3, -0.25) is 4.98 Å². The molecule has 0 radical (unpaired) electrons. The Bertz CT molecular complexity index is 1250. The third kappa shape index (κ3) is 3.09. The van der Waals surface area contributed by atoms with Gasteiger partial charge in [0.1, 0.15) is 17.3 Å². The predicted octanol–water partition coefficient (Wildman–Crippen LogP) is 6.69. The minimum atomic E-state index is -0.277. The molecular weight excluding hydrogens is 375 g/mol. The minimum absolute atomic E-state index is 0.146. The number of pyridine rings is 1. The van der Waals surface area contributed by atoms with Gasteiger partial charge in [-0.15, -0.1) is 0 Å². The summed E-state index contributed by atoms with van der Waals surface area (Å²) >= 11 is 0. The molecule has 2 aliphatic rings. The Labute approximate surface area is 175 Å². The minimum Gasteiger partial charge on any atom is -0.456 e. The highest BCUT2D eigenvalue weighted by atomic mass is 19.1. The number of fused-ring (bicyclic) bond motifs is 5. The molecule has 1 aromatic heterocycles. The number of hydrogen-bond acceptors (Lipinski definition) is 3. The van der Waals surface area contributed by atoms with Crippen LogP contribution in [0.4, 0.5) is 10.1 Å². The van der Waals surface area contributed by atoms with E-state index in [1.54, 1.807) is 12.1 Å². The molecule has 0 fully saturated rings. The van der Waals surface area contributed by atoms with Gasteiger partial charge in [-0.1, -0.05) is 18.2 Å². The second-order valence-electron chi connectivity index (χ2n) is 8.54. The Hall–Kier alpha value is -3.40. The number of hydrogen-bond donors (Lipinski definition) is 1. The molecule has 5 rings (SSSR count). The highest BCUT2D eigenvalue weighted by Gasteiger charge is 2.31. The SMILES string of the molecule is CC1=CC(C)(C)Nc2ccc3c(c21)/C(=C/c1cccc(C)n1)Oc1ccc(F)cc1-3. The van der Waals surface area contributed by atoms with Gasteiger partial charge in [0.05, 0.1) is 11.2 Å². The second-order valence-corrected chi connectivity index (χ2v) is 8.54. The van der Waals surface area contributed by atoms with Crippen LogP contribution in [0.3, 0.4) is 0 Å². The Morgan fingerprint density at radius 3 is 2.63 bits per heavy atom. The Kier molecular flexibility index (Phi) is 4.07. The molecule has 30 heavy (non-hydrogen) atoms. The number of nitrogens with zero attached hydrogens (tertiary/aromatic N) is 1. The first kappa shape index (κ1) is 18.6. The molecule has 0 amide bonds. The zero-order valence-electron chi connectivity index (χ0n) is 17.5. The molecule has 3 aromatic rings. The Balaban J connectivity index is 1.81. The Morgan fingerprint density at radius 1 is 1.00 bits per heavy atom. The fraction of sp³-hybridized carbons (Fsp3) is 0.192. The van der Waals surface area contributed by atoms with E-state index < -0.39 is 0 Å². The lowest BCUT2D eigenvalue weighted by molar-refractivity contribution is 0.511. The summed E-state index contributed by atoms with van der Waals surface area (Å²) in [5.41, 5.74) is 7.60. The van der Waals surface area contributed by atoms with Crippen LogP contribution in [-0.2, 0) is 0 Å². The molecule has 2 aliphatic heterocycles. The van der Waals surface area contributed by atoms with Gasteiger partial charge in [-0.05, 0) is 75.2 Å². The number of aryl methyl sites for hydroxylation is 1. The van der Waals surface area contributed by atoms with E-state index in [0.717, 1.165) is 44.9 Å². The van der Waals surface area contributed by atoms with E-state index in [4.69, 9.17) is 4.74 Å². The number of aromatic nitrogens is 1. The summed E-state index contributed by atoms with van der Waals surface area (Å²) < 4.78 is 20.4. The number of rotatable bonds is 1. The lowest BCUT2D eigenvalue weighted by Gasteiger charge is -2.35. The maximum absolute atomic E-state index is 14.1. The van der Waals surface area contributed by atoms with Crippen molar-refractivity contribution >= 4 is 23.1 Å². The van der Waals surface area contributed by atoms with E-state index in [-0.39, 0.29) is 11.4 Å². The van der Waals surface area contributed by atoms with Crippen LogP contribution in [0.1, 0.15) is 43.3 Å². The summed E-state index contributed by atoms with van der Waals surface area (Å²) in [6, 6.07) is 14.7. The quantitative estimate of drug-likeness (QED) is 0.496. The van der Waals surface area contributed by atoms with Gasteiger partial charge in [0.15, 0.2) is 0 Å². The van der Waals surface area contributed by atoms with Gasteiger partial charge in [0.25, 0.3) is 0 Å². The lowest BCUT2D eigenvalue weighted by atomic mass is 9.83. The normalized spacial score (nSPS) is 17.2. The van der Waals surface area contributed by atoms with E-state index in [0.29, 0.717) is 11.5 Å². The molecular formula is C26H23FN2O. The van der Waals surface area contributed by atoms with Crippen molar-refractivity contribution in [1.29, 1.82) is 0 Å². The van der Waals surface area contributed by atoms with Crippen molar-refractivity contribution in [3.05, 3.63) is 82.9 Å². The first-order valence-corrected chi connectivity index (χ1v) is 10.1. The van der Waals surface area contributed by atoms with Crippen molar-refractivity contribution in [2.45, 2.75) is 33.2 Å². The van der Waals surface area contributed by atoms with Crippen LogP contribution in [0, 0.1) is 12.7 Å². The third-order valence-corrected chi connectivity index (χ3v) is 5.52. The number of benzene rings is 2. The Morgan fingerprint density at radius 2 is 1.83 bits per heavy atom. The second kappa shape index (κ2) is 6.56. The number of allylic oxidation sites excluding steroid dienone is 1. The molecule has 2 aromatic carbocycles. The maximum atomic E-state index is 14.1. The van der Waals surface area contributed by atoms with Crippen LogP contribution < -0.4 is 10.1 Å². The third-order valence-electron chi connectivity index (χ3n) is 5.52. The zero-order valence-corrected chi connectivity index (χ0v) is 17.5. The van der Waals surface area contributed by atoms with Crippen LogP contribution in [0.5, 0.6) is 5.75 Å². The van der Waals surface area contributed by atoms with E-state index in [2.05, 4.69) is 43.2 Å². The standard InChI is InChI=1S/C26H23FN2O/c1-15-14-26(3,4)29-21-10-9-19-20-12-17(27)8-11-22(20)30-23(25(19)24(15)21)13-18-7-5-6-16(2)28-18/h5-14,29H,1-4H3/b23-13-. The molecule has 0 unspecified atom stereocenters. The lowest BCUT2D eigenvalue weighted by Crippen LogP contribution is -2.32. The van der Waals surface area contributed by atoms with Crippen LogP contribution in [-0.4, -0.2) is 10.5 Å². The average Bonchev–Trinajstić information content (AvgIpc) is 2.67. The monoisotopic (exact) mass is 398 g/mol. The summed E-state index contributed by atoms with van der Waals surface area (Å²) in [4.78, 5) is 4.62. The van der Waals surface area contributed by atoms with E-state index in [1.807, 2.05) is 37.3 Å². The molecule has 150 valence electrons. The van der Waals surface area contributed by atoms with E-state index in [9.17, 15) is 4.39 Å². The maximum Gasteiger partial charge on any atom is 0.138 e. The first-order chi connectivity index (χ1) is 14.3. The summed E-state index contributed by atoms with van der Waals surface area (Å²) in [5.74, 6) is 1.09. The topological polar surface area (TPSA) is 34.2 Å². The molecule has 0 atom stereocenters. The van der Waals surface area contributed by atoms with Gasteiger partial charge in [-0.2, -0.15) is 0 Å². The molecule has 4 heteroatoms. The molecule has 0 aliphatic carbocycles. The number of nitrogens with one attached hydrogen (secondary N) is 1. The van der Waals surface area contributed by atoms with Crippen LogP contribution in [0.15, 0.2) is 54.6 Å². The number of ether oxygens (including phenoxy) is 1. The average molecular weight is 398 g/mol. The van der Waals surface area contributed by atoms with Gasteiger partial charge < -0.3 is 10.1 Å². The van der Waals surface area contributed by atoms with Gasteiger partial charge >= 0.3 is 0 Å². The van der Waals surface area contributed by atoms with Crippen molar-refractivity contribution in [3.63, 3.8) is 0 Å². The summed E-state index contributed by atoms with van der Waals surface area (Å²) in [6.07, 6.45) is 4.19. The van der Waals surface area contributed by atoms with Gasteiger partial charge in [0, 0.05) is 34.1 Å². The highest BCUT2D eigenvalue weighted by Crippen LogP contribution is 2.49. The fourth-order valence-corrected chi connectivity index (χ4v) is 4.45. The molecule has 0 saturated heterocycles. The van der Waals surface area contributed by atoms with Crippen molar-refractivity contribution in [1.82, 2.24) is 4.98 Å². The van der Waals surface area contributed by atoms with E-state index in [1.165, 1.54) is 6.07 Å². The summed E-state index contributed by atoms with van der Waals surface area (Å²) in [5, 5.41) is 3.60. The fourth-order valence-electron chi connectivity index (χ4n) is 4.45. The molecule has 3 heterocycles. The number of halogens is 1. The molecule has 1 N–H and O–H groups in total. The predicted molar refractivity (Wildman–Crippen MR) is 121 cm³/mol. The molecule has 0 saturated carbocycles.